The minimum Gasteiger partial charge on any atom is -0.459 e. The monoisotopic (exact) mass is 639 g/mol. The van der Waals surface area contributed by atoms with Gasteiger partial charge in [0.1, 0.15) is 18.1 Å². The standard InChI is InChI=1S/C41H57N3O3/c1-25-10-11-30(22-27(25)3)44-23-29(42-43-44)24-47-36(46)41-19-14-26(2)28(4)35(41)31-12-13-33-38(7)17-16-34(45)37(5,6)32(38)15-18-40(33,9)39(31,8)20-21-41/h10-12,22-23,26,28,32-33,35H,13-21,24H2,1-9H3/t26-,28+,32?,33?,35?,38+,39-,40-,41+/m1/s1. The molecule has 4 saturated carbocycles. The molecule has 47 heavy (non-hydrogen) atoms. The number of Topliss-reactive ketones (excluding diaryl/α,β-unsaturated/α-hetero) is 1. The molecule has 7 rings (SSSR count). The normalized spacial score (nSPS) is 40.7. The Morgan fingerprint density at radius 2 is 1.72 bits per heavy atom. The first-order valence-corrected chi connectivity index (χ1v) is 18.5. The molecule has 0 amide bonds. The van der Waals surface area contributed by atoms with Crippen molar-refractivity contribution < 1.29 is 14.3 Å². The van der Waals surface area contributed by atoms with E-state index in [4.69, 9.17) is 4.74 Å². The highest BCUT2D eigenvalue weighted by Gasteiger charge is 2.69. The van der Waals surface area contributed by atoms with Crippen LogP contribution >= 0.6 is 0 Å². The Morgan fingerprint density at radius 1 is 0.957 bits per heavy atom. The molecule has 0 radical (unpaired) electrons. The van der Waals surface area contributed by atoms with Gasteiger partial charge in [-0.1, -0.05) is 71.4 Å². The molecule has 6 nitrogen and oxygen atoms in total. The van der Waals surface area contributed by atoms with Gasteiger partial charge in [0.25, 0.3) is 0 Å². The Balaban J connectivity index is 1.18. The van der Waals surface area contributed by atoms with Crippen molar-refractivity contribution in [2.75, 3.05) is 0 Å². The third-order valence-corrected chi connectivity index (χ3v) is 15.8. The van der Waals surface area contributed by atoms with Crippen molar-refractivity contribution >= 4 is 11.8 Å². The van der Waals surface area contributed by atoms with Crippen LogP contribution in [-0.4, -0.2) is 26.7 Å². The lowest BCUT2D eigenvalue weighted by Gasteiger charge is -2.70. The molecule has 4 fully saturated rings. The second-order valence-corrected chi connectivity index (χ2v) is 17.9. The number of carbonyl (C=O) groups excluding carboxylic acids is 2. The number of fused-ring (bicyclic) bond motifs is 7. The van der Waals surface area contributed by atoms with Crippen LogP contribution in [0.3, 0.4) is 0 Å². The molecule has 0 saturated heterocycles. The Kier molecular flexibility index (Phi) is 7.58. The number of carbonyl (C=O) groups is 2. The van der Waals surface area contributed by atoms with Crippen molar-refractivity contribution in [2.45, 2.75) is 127 Å². The summed E-state index contributed by atoms with van der Waals surface area (Å²) >= 11 is 0. The highest BCUT2D eigenvalue weighted by molar-refractivity contribution is 5.85. The van der Waals surface area contributed by atoms with Crippen molar-refractivity contribution in [1.29, 1.82) is 0 Å². The topological polar surface area (TPSA) is 74.1 Å². The molecule has 6 heteroatoms. The summed E-state index contributed by atoms with van der Waals surface area (Å²) in [7, 11) is 0. The smallest absolute Gasteiger partial charge is 0.313 e. The maximum Gasteiger partial charge on any atom is 0.313 e. The highest BCUT2D eigenvalue weighted by atomic mass is 16.5. The number of hydrogen-bond donors (Lipinski definition) is 0. The largest absolute Gasteiger partial charge is 0.459 e. The number of ether oxygens (including phenoxy) is 1. The summed E-state index contributed by atoms with van der Waals surface area (Å²) in [6, 6.07) is 6.25. The predicted molar refractivity (Wildman–Crippen MR) is 185 cm³/mol. The quantitative estimate of drug-likeness (QED) is 0.246. The average molecular weight is 640 g/mol. The molecule has 1 aromatic carbocycles. The number of nitrogens with zero attached hydrogens (tertiary/aromatic N) is 3. The Bertz CT molecular complexity index is 1640. The molecule has 5 aliphatic rings. The SMILES string of the molecule is Cc1ccc(-n2cc(COC(=O)[C@]34CC[C@@H](C)[C@H](C)C3C3=CCC5[C@@]6(C)CCC(=O)C(C)(C)C6CC[C@@]5(C)[C@]3(C)CC4)nn2)cc1C. The fraction of sp³-hybridized carbons (Fsp3) is 0.707. The van der Waals surface area contributed by atoms with Crippen LogP contribution in [0, 0.1) is 70.5 Å². The molecule has 254 valence electrons. The summed E-state index contributed by atoms with van der Waals surface area (Å²) in [5.74, 6) is 2.56. The summed E-state index contributed by atoms with van der Waals surface area (Å²) in [5.41, 5.74) is 5.22. The van der Waals surface area contributed by atoms with Gasteiger partial charge in [-0.3, -0.25) is 9.59 Å². The van der Waals surface area contributed by atoms with Gasteiger partial charge in [-0.2, -0.15) is 0 Å². The number of aromatic nitrogens is 3. The number of benzene rings is 1. The molecular formula is C41H57N3O3. The maximum atomic E-state index is 14.5. The number of hydrogen-bond acceptors (Lipinski definition) is 5. The number of esters is 1. The lowest BCUT2D eigenvalue weighted by Crippen LogP contribution is -2.65. The lowest BCUT2D eigenvalue weighted by atomic mass is 9.33. The van der Waals surface area contributed by atoms with Crippen LogP contribution in [0.1, 0.15) is 123 Å². The second kappa shape index (κ2) is 10.9. The van der Waals surface area contributed by atoms with Gasteiger partial charge in [-0.05, 0) is 134 Å². The summed E-state index contributed by atoms with van der Waals surface area (Å²) in [6.45, 7) is 21.3. The van der Waals surface area contributed by atoms with Crippen LogP contribution in [0.2, 0.25) is 0 Å². The lowest BCUT2D eigenvalue weighted by molar-refractivity contribution is -0.193. The van der Waals surface area contributed by atoms with E-state index in [1.807, 2.05) is 12.3 Å². The number of aryl methyl sites for hydroxylation is 2. The summed E-state index contributed by atoms with van der Waals surface area (Å²) in [6.07, 6.45) is 13.4. The van der Waals surface area contributed by atoms with Crippen LogP contribution in [0.4, 0.5) is 0 Å². The molecule has 0 spiro atoms. The minimum atomic E-state index is -0.495. The maximum absolute atomic E-state index is 14.5. The predicted octanol–water partition coefficient (Wildman–Crippen LogP) is 9.15. The van der Waals surface area contributed by atoms with Gasteiger partial charge in [0.15, 0.2) is 0 Å². The molecule has 3 unspecified atom stereocenters. The fourth-order valence-electron chi connectivity index (χ4n) is 12.3. The molecule has 9 atom stereocenters. The van der Waals surface area contributed by atoms with Crippen molar-refractivity contribution in [3.63, 3.8) is 0 Å². The summed E-state index contributed by atoms with van der Waals surface area (Å²) in [5, 5.41) is 8.73. The number of allylic oxidation sites excluding steroid dienone is 2. The van der Waals surface area contributed by atoms with E-state index in [0.29, 0.717) is 41.6 Å². The van der Waals surface area contributed by atoms with E-state index in [0.717, 1.165) is 57.1 Å². The first-order chi connectivity index (χ1) is 22.1. The zero-order chi connectivity index (χ0) is 33.7. The van der Waals surface area contributed by atoms with Crippen LogP contribution in [0.15, 0.2) is 36.0 Å². The molecular weight excluding hydrogens is 582 g/mol. The second-order valence-electron chi connectivity index (χ2n) is 17.9. The molecule has 2 aromatic rings. The van der Waals surface area contributed by atoms with Crippen molar-refractivity contribution in [3.8, 4) is 5.69 Å². The zero-order valence-corrected chi connectivity index (χ0v) is 30.4. The van der Waals surface area contributed by atoms with E-state index < -0.39 is 5.41 Å². The molecule has 0 bridgehead atoms. The number of rotatable bonds is 4. The molecule has 5 aliphatic carbocycles. The van der Waals surface area contributed by atoms with E-state index in [1.165, 1.54) is 11.1 Å². The van der Waals surface area contributed by atoms with Crippen LogP contribution in [-0.2, 0) is 20.9 Å². The van der Waals surface area contributed by atoms with Gasteiger partial charge in [0.05, 0.1) is 17.3 Å². The fourth-order valence-corrected chi connectivity index (χ4v) is 12.3. The third-order valence-electron chi connectivity index (χ3n) is 15.8. The first-order valence-electron chi connectivity index (χ1n) is 18.5. The van der Waals surface area contributed by atoms with Crippen LogP contribution in [0.5, 0.6) is 0 Å². The Morgan fingerprint density at radius 3 is 2.47 bits per heavy atom. The van der Waals surface area contributed by atoms with Gasteiger partial charge in [-0.15, -0.1) is 5.10 Å². The Hall–Kier alpha value is -2.76. The van der Waals surface area contributed by atoms with Gasteiger partial charge in [0, 0.05) is 11.8 Å². The Labute approximate surface area is 282 Å². The van der Waals surface area contributed by atoms with E-state index in [2.05, 4.69) is 90.8 Å². The van der Waals surface area contributed by atoms with Gasteiger partial charge < -0.3 is 4.74 Å². The minimum absolute atomic E-state index is 0.0319. The van der Waals surface area contributed by atoms with Crippen LogP contribution < -0.4 is 0 Å². The molecule has 1 heterocycles. The van der Waals surface area contributed by atoms with E-state index in [-0.39, 0.29) is 40.2 Å². The van der Waals surface area contributed by atoms with Crippen LogP contribution in [0.25, 0.3) is 5.69 Å². The number of ketones is 1. The van der Waals surface area contributed by atoms with E-state index >= 15 is 0 Å². The summed E-state index contributed by atoms with van der Waals surface area (Å²) in [4.78, 5) is 27.6. The zero-order valence-electron chi connectivity index (χ0n) is 30.4. The molecule has 0 N–H and O–H groups in total. The van der Waals surface area contributed by atoms with Gasteiger partial charge in [-0.25, -0.2) is 4.68 Å². The summed E-state index contributed by atoms with van der Waals surface area (Å²) < 4.78 is 8.03. The van der Waals surface area contributed by atoms with Crippen molar-refractivity contribution in [1.82, 2.24) is 15.0 Å². The van der Waals surface area contributed by atoms with Crippen molar-refractivity contribution in [2.24, 2.45) is 56.7 Å². The molecule has 0 aliphatic heterocycles. The molecule has 1 aromatic heterocycles. The van der Waals surface area contributed by atoms with Gasteiger partial charge >= 0.3 is 5.97 Å². The van der Waals surface area contributed by atoms with Gasteiger partial charge in [0.2, 0.25) is 0 Å². The van der Waals surface area contributed by atoms with Crippen molar-refractivity contribution in [3.05, 3.63) is 52.9 Å². The highest BCUT2D eigenvalue weighted by Crippen LogP contribution is 2.75. The average Bonchev–Trinajstić information content (AvgIpc) is 3.50. The first kappa shape index (κ1) is 32.8. The van der Waals surface area contributed by atoms with E-state index in [9.17, 15) is 9.59 Å². The third kappa shape index (κ3) is 4.54. The van der Waals surface area contributed by atoms with E-state index in [1.54, 1.807) is 10.3 Å².